The highest BCUT2D eigenvalue weighted by Crippen LogP contribution is 2.28. The molecule has 0 unspecified atom stereocenters. The summed E-state index contributed by atoms with van der Waals surface area (Å²) >= 11 is 1.59. The molecular formula is C18H19N5OS. The van der Waals surface area contributed by atoms with Gasteiger partial charge >= 0.3 is 0 Å². The van der Waals surface area contributed by atoms with E-state index in [0.717, 1.165) is 54.1 Å². The average molecular weight is 353 g/mol. The molecule has 1 N–H and O–H groups in total. The second kappa shape index (κ2) is 7.16. The molecule has 0 aliphatic carbocycles. The molecule has 0 atom stereocenters. The lowest BCUT2D eigenvalue weighted by molar-refractivity contribution is 0.249. The minimum Gasteiger partial charge on any atom is -0.508 e. The molecular weight excluding hydrogens is 334 g/mol. The van der Waals surface area contributed by atoms with E-state index in [4.69, 9.17) is 0 Å². The van der Waals surface area contributed by atoms with E-state index in [-0.39, 0.29) is 0 Å². The fourth-order valence-corrected chi connectivity index (χ4v) is 3.82. The Hall–Kier alpha value is -2.51. The van der Waals surface area contributed by atoms with Crippen molar-refractivity contribution in [1.29, 1.82) is 0 Å². The zero-order valence-corrected chi connectivity index (χ0v) is 14.6. The van der Waals surface area contributed by atoms with Gasteiger partial charge in [0, 0.05) is 38.9 Å². The number of aromatic hydroxyl groups is 1. The molecule has 3 aromatic rings. The van der Waals surface area contributed by atoms with Gasteiger partial charge in [-0.1, -0.05) is 29.5 Å². The topological polar surface area (TPSA) is 65.4 Å². The molecule has 1 fully saturated rings. The Morgan fingerprint density at radius 1 is 1.00 bits per heavy atom. The third kappa shape index (κ3) is 3.78. The molecule has 1 aliphatic heterocycles. The van der Waals surface area contributed by atoms with Crippen molar-refractivity contribution in [1.82, 2.24) is 20.1 Å². The summed E-state index contributed by atoms with van der Waals surface area (Å²) in [5, 5.41) is 20.0. The largest absolute Gasteiger partial charge is 0.508 e. The summed E-state index contributed by atoms with van der Waals surface area (Å²) in [5.41, 5.74) is 2.01. The van der Waals surface area contributed by atoms with Gasteiger partial charge in [-0.3, -0.25) is 9.88 Å². The second-order valence-corrected chi connectivity index (χ2v) is 6.99. The highest BCUT2D eigenvalue weighted by atomic mass is 32.1. The van der Waals surface area contributed by atoms with Crippen LogP contribution in [0.5, 0.6) is 5.75 Å². The third-order valence-electron chi connectivity index (χ3n) is 4.26. The smallest absolute Gasteiger partial charge is 0.208 e. The van der Waals surface area contributed by atoms with E-state index < -0.39 is 0 Å². The molecule has 0 spiro atoms. The van der Waals surface area contributed by atoms with Crippen LogP contribution in [0.3, 0.4) is 0 Å². The van der Waals surface area contributed by atoms with Gasteiger partial charge in [0.05, 0.1) is 0 Å². The van der Waals surface area contributed by atoms with Crippen LogP contribution < -0.4 is 4.90 Å². The maximum Gasteiger partial charge on any atom is 0.208 e. The standard InChI is InChI=1S/C18H19N5OS/c24-15-5-3-4-14(12-15)13-22-8-10-23(11-9-22)18-21-20-17(25-18)16-6-1-2-7-19-16/h1-7,12,24H,8-11,13H2. The third-order valence-corrected chi connectivity index (χ3v) is 5.26. The first-order valence-electron chi connectivity index (χ1n) is 8.28. The molecule has 0 bridgehead atoms. The van der Waals surface area contributed by atoms with E-state index in [1.54, 1.807) is 23.6 Å². The number of rotatable bonds is 4. The lowest BCUT2D eigenvalue weighted by Gasteiger charge is -2.34. The number of piperazine rings is 1. The summed E-state index contributed by atoms with van der Waals surface area (Å²) < 4.78 is 0. The molecule has 3 heterocycles. The Bertz CT molecular complexity index is 830. The van der Waals surface area contributed by atoms with Crippen LogP contribution in [0.15, 0.2) is 48.7 Å². The lowest BCUT2D eigenvalue weighted by atomic mass is 10.2. The highest BCUT2D eigenvalue weighted by molar-refractivity contribution is 7.18. The zero-order chi connectivity index (χ0) is 17.1. The predicted molar refractivity (Wildman–Crippen MR) is 98.7 cm³/mol. The number of phenols is 1. The Balaban J connectivity index is 1.37. The van der Waals surface area contributed by atoms with Gasteiger partial charge in [-0.05, 0) is 29.8 Å². The van der Waals surface area contributed by atoms with Gasteiger partial charge in [0.25, 0.3) is 0 Å². The first kappa shape index (κ1) is 16.0. The van der Waals surface area contributed by atoms with Crippen LogP contribution in [-0.4, -0.2) is 51.4 Å². The minimum atomic E-state index is 0.326. The first-order chi connectivity index (χ1) is 12.3. The van der Waals surface area contributed by atoms with E-state index >= 15 is 0 Å². The van der Waals surface area contributed by atoms with Crippen molar-refractivity contribution in [2.24, 2.45) is 0 Å². The van der Waals surface area contributed by atoms with E-state index in [1.165, 1.54) is 0 Å². The lowest BCUT2D eigenvalue weighted by Crippen LogP contribution is -2.45. The van der Waals surface area contributed by atoms with Crippen LogP contribution >= 0.6 is 11.3 Å². The number of phenolic OH excluding ortho intramolecular Hbond substituents is 1. The van der Waals surface area contributed by atoms with Crippen LogP contribution in [0.2, 0.25) is 0 Å². The van der Waals surface area contributed by atoms with E-state index in [9.17, 15) is 5.11 Å². The number of aromatic nitrogens is 3. The Labute approximate surface area is 150 Å². The number of hydrogen-bond acceptors (Lipinski definition) is 7. The van der Waals surface area contributed by atoms with Crippen molar-refractivity contribution in [3.05, 3.63) is 54.2 Å². The van der Waals surface area contributed by atoms with Crippen molar-refractivity contribution in [2.45, 2.75) is 6.54 Å². The van der Waals surface area contributed by atoms with E-state index in [1.807, 2.05) is 30.3 Å². The molecule has 0 saturated carbocycles. The number of anilines is 1. The molecule has 0 amide bonds. The molecule has 0 radical (unpaired) electrons. The van der Waals surface area contributed by atoms with Gasteiger partial charge in [-0.25, -0.2) is 0 Å². The molecule has 1 aromatic carbocycles. The van der Waals surface area contributed by atoms with Crippen molar-refractivity contribution in [3.8, 4) is 16.5 Å². The zero-order valence-electron chi connectivity index (χ0n) is 13.7. The van der Waals surface area contributed by atoms with Gasteiger partial charge in [0.1, 0.15) is 11.4 Å². The monoisotopic (exact) mass is 353 g/mol. The average Bonchev–Trinajstić information content (AvgIpc) is 3.13. The predicted octanol–water partition coefficient (Wildman–Crippen LogP) is 2.63. The van der Waals surface area contributed by atoms with Gasteiger partial charge < -0.3 is 10.0 Å². The maximum absolute atomic E-state index is 9.58. The molecule has 25 heavy (non-hydrogen) atoms. The van der Waals surface area contributed by atoms with Gasteiger partial charge in [-0.15, -0.1) is 10.2 Å². The van der Waals surface area contributed by atoms with Crippen LogP contribution in [-0.2, 0) is 6.54 Å². The van der Waals surface area contributed by atoms with Crippen LogP contribution in [0.4, 0.5) is 5.13 Å². The fourth-order valence-electron chi connectivity index (χ4n) is 2.95. The van der Waals surface area contributed by atoms with E-state index in [0.29, 0.717) is 5.75 Å². The number of benzene rings is 1. The molecule has 6 nitrogen and oxygen atoms in total. The quantitative estimate of drug-likeness (QED) is 0.778. The number of nitrogens with zero attached hydrogens (tertiary/aromatic N) is 5. The molecule has 2 aromatic heterocycles. The molecule has 1 aliphatic rings. The van der Waals surface area contributed by atoms with E-state index in [2.05, 4.69) is 31.0 Å². The highest BCUT2D eigenvalue weighted by Gasteiger charge is 2.20. The van der Waals surface area contributed by atoms with Gasteiger partial charge in [0.15, 0.2) is 5.01 Å². The van der Waals surface area contributed by atoms with Crippen LogP contribution in [0, 0.1) is 0 Å². The van der Waals surface area contributed by atoms with Crippen molar-refractivity contribution in [2.75, 3.05) is 31.1 Å². The van der Waals surface area contributed by atoms with Gasteiger partial charge in [0.2, 0.25) is 5.13 Å². The normalized spacial score (nSPS) is 15.4. The maximum atomic E-state index is 9.58. The SMILES string of the molecule is Oc1cccc(CN2CCN(c3nnc(-c4ccccn4)s3)CC2)c1. The minimum absolute atomic E-state index is 0.326. The molecule has 7 heteroatoms. The molecule has 1 saturated heterocycles. The number of hydrogen-bond donors (Lipinski definition) is 1. The van der Waals surface area contributed by atoms with Crippen molar-refractivity contribution < 1.29 is 5.11 Å². The summed E-state index contributed by atoms with van der Waals surface area (Å²) in [5.74, 6) is 0.326. The first-order valence-corrected chi connectivity index (χ1v) is 9.10. The van der Waals surface area contributed by atoms with Gasteiger partial charge in [-0.2, -0.15) is 0 Å². The fraction of sp³-hybridized carbons (Fsp3) is 0.278. The Morgan fingerprint density at radius 3 is 2.64 bits per heavy atom. The Morgan fingerprint density at radius 2 is 1.88 bits per heavy atom. The summed E-state index contributed by atoms with van der Waals surface area (Å²) in [6.45, 7) is 4.64. The number of pyridine rings is 1. The summed E-state index contributed by atoms with van der Waals surface area (Å²) in [6.07, 6.45) is 1.77. The molecule has 4 rings (SSSR count). The summed E-state index contributed by atoms with van der Waals surface area (Å²) in [4.78, 5) is 9.01. The second-order valence-electron chi connectivity index (χ2n) is 6.04. The van der Waals surface area contributed by atoms with Crippen molar-refractivity contribution >= 4 is 16.5 Å². The summed E-state index contributed by atoms with van der Waals surface area (Å²) in [7, 11) is 0. The van der Waals surface area contributed by atoms with Crippen LogP contribution in [0.25, 0.3) is 10.7 Å². The Kier molecular flexibility index (Phi) is 4.58. The van der Waals surface area contributed by atoms with Crippen molar-refractivity contribution in [3.63, 3.8) is 0 Å². The summed E-state index contributed by atoms with van der Waals surface area (Å²) in [6, 6.07) is 13.3. The molecule has 128 valence electrons. The van der Waals surface area contributed by atoms with Crippen LogP contribution in [0.1, 0.15) is 5.56 Å².